The molecular weight excluding hydrogens is 282 g/mol. The number of nitrogens with zero attached hydrogens (tertiary/aromatic N) is 1. The second kappa shape index (κ2) is 16.3. The van der Waals surface area contributed by atoms with E-state index in [4.69, 9.17) is 0 Å². The summed E-state index contributed by atoms with van der Waals surface area (Å²) in [5.74, 6) is 1.18. The van der Waals surface area contributed by atoms with Crippen LogP contribution in [0.25, 0.3) is 0 Å². The lowest BCUT2D eigenvalue weighted by Gasteiger charge is -2.13. The van der Waals surface area contributed by atoms with Crippen LogP contribution in [-0.4, -0.2) is 24.4 Å². The van der Waals surface area contributed by atoms with E-state index in [1.165, 1.54) is 77.0 Å². The Bertz CT molecular complexity index is 263. The summed E-state index contributed by atoms with van der Waals surface area (Å²) in [6.07, 6.45) is 18.5. The van der Waals surface area contributed by atoms with Crippen LogP contribution in [0.5, 0.6) is 0 Å². The fourth-order valence-corrected chi connectivity index (χ4v) is 2.96. The molecular formula is C21H43NO. The number of unbranched alkanes of at least 4 members (excludes halogenated alkanes) is 11. The summed E-state index contributed by atoms with van der Waals surface area (Å²) < 4.78 is 0. The van der Waals surface area contributed by atoms with Gasteiger partial charge < -0.3 is 4.90 Å². The number of carbonyl (C=O) groups is 1. The second-order valence-electron chi connectivity index (χ2n) is 7.58. The highest BCUT2D eigenvalue weighted by molar-refractivity contribution is 5.75. The molecule has 1 amide bonds. The third-order valence-electron chi connectivity index (χ3n) is 4.82. The molecule has 0 heterocycles. The standard InChI is InChI=1S/C21H43NO/c1-5-22(4)21(23)19-17-15-13-11-9-7-6-8-10-12-14-16-18-20(2)3/h20H,5-19H2,1-4H3. The molecule has 0 aromatic rings. The van der Waals surface area contributed by atoms with Crippen LogP contribution in [0.2, 0.25) is 0 Å². The van der Waals surface area contributed by atoms with Crippen molar-refractivity contribution < 1.29 is 4.79 Å². The molecule has 0 rings (SSSR count). The lowest BCUT2D eigenvalue weighted by molar-refractivity contribution is -0.129. The van der Waals surface area contributed by atoms with E-state index in [9.17, 15) is 4.79 Å². The van der Waals surface area contributed by atoms with Gasteiger partial charge in [-0.3, -0.25) is 4.79 Å². The number of amides is 1. The predicted molar refractivity (Wildman–Crippen MR) is 103 cm³/mol. The van der Waals surface area contributed by atoms with Gasteiger partial charge in [0.05, 0.1) is 0 Å². The van der Waals surface area contributed by atoms with Crippen molar-refractivity contribution in [1.82, 2.24) is 4.90 Å². The van der Waals surface area contributed by atoms with Crippen molar-refractivity contribution in [3.8, 4) is 0 Å². The molecule has 0 aromatic carbocycles. The second-order valence-corrected chi connectivity index (χ2v) is 7.58. The lowest BCUT2D eigenvalue weighted by atomic mass is 10.0. The largest absolute Gasteiger partial charge is 0.346 e. The molecule has 0 aliphatic rings. The molecule has 0 radical (unpaired) electrons. The minimum absolute atomic E-state index is 0.306. The summed E-state index contributed by atoms with van der Waals surface area (Å²) >= 11 is 0. The minimum Gasteiger partial charge on any atom is -0.346 e. The van der Waals surface area contributed by atoms with Crippen LogP contribution < -0.4 is 0 Å². The van der Waals surface area contributed by atoms with Gasteiger partial charge in [0.2, 0.25) is 5.91 Å². The Hall–Kier alpha value is -0.530. The minimum atomic E-state index is 0.306. The zero-order valence-electron chi connectivity index (χ0n) is 16.5. The zero-order valence-corrected chi connectivity index (χ0v) is 16.5. The molecule has 138 valence electrons. The maximum atomic E-state index is 11.6. The maximum absolute atomic E-state index is 11.6. The van der Waals surface area contributed by atoms with Crippen molar-refractivity contribution in [3.05, 3.63) is 0 Å². The molecule has 0 aromatic heterocycles. The van der Waals surface area contributed by atoms with E-state index in [2.05, 4.69) is 13.8 Å². The molecule has 0 aliphatic carbocycles. The maximum Gasteiger partial charge on any atom is 0.222 e. The first kappa shape index (κ1) is 22.5. The number of hydrogen-bond donors (Lipinski definition) is 0. The van der Waals surface area contributed by atoms with Gasteiger partial charge in [-0.05, 0) is 19.3 Å². The zero-order chi connectivity index (χ0) is 17.3. The Morgan fingerprint density at radius 2 is 1.13 bits per heavy atom. The first-order valence-electron chi connectivity index (χ1n) is 10.3. The monoisotopic (exact) mass is 325 g/mol. The Morgan fingerprint density at radius 3 is 1.52 bits per heavy atom. The van der Waals surface area contributed by atoms with E-state index in [0.29, 0.717) is 5.91 Å². The van der Waals surface area contributed by atoms with Crippen LogP contribution in [0.3, 0.4) is 0 Å². The van der Waals surface area contributed by atoms with Crippen LogP contribution in [0.1, 0.15) is 111 Å². The summed E-state index contributed by atoms with van der Waals surface area (Å²) in [7, 11) is 1.90. The molecule has 0 atom stereocenters. The SMILES string of the molecule is CCN(C)C(=O)CCCCCCCCCCCCCCC(C)C. The molecule has 0 fully saturated rings. The molecule has 0 spiro atoms. The van der Waals surface area contributed by atoms with Crippen LogP contribution in [-0.2, 0) is 4.79 Å². The van der Waals surface area contributed by atoms with Gasteiger partial charge in [0, 0.05) is 20.0 Å². The van der Waals surface area contributed by atoms with E-state index in [0.717, 1.165) is 25.3 Å². The molecule has 0 bridgehead atoms. The third-order valence-corrected chi connectivity index (χ3v) is 4.82. The van der Waals surface area contributed by atoms with Crippen molar-refractivity contribution in [1.29, 1.82) is 0 Å². The van der Waals surface area contributed by atoms with Crippen LogP contribution >= 0.6 is 0 Å². The van der Waals surface area contributed by atoms with Crippen molar-refractivity contribution >= 4 is 5.91 Å². The van der Waals surface area contributed by atoms with E-state index in [-0.39, 0.29) is 0 Å². The van der Waals surface area contributed by atoms with Gasteiger partial charge in [-0.15, -0.1) is 0 Å². The van der Waals surface area contributed by atoms with E-state index in [1.807, 2.05) is 18.9 Å². The molecule has 2 heteroatoms. The smallest absolute Gasteiger partial charge is 0.222 e. The highest BCUT2D eigenvalue weighted by Crippen LogP contribution is 2.14. The van der Waals surface area contributed by atoms with Gasteiger partial charge in [-0.2, -0.15) is 0 Å². The summed E-state index contributed by atoms with van der Waals surface area (Å²) in [6, 6.07) is 0. The van der Waals surface area contributed by atoms with Crippen LogP contribution in [0.4, 0.5) is 0 Å². The topological polar surface area (TPSA) is 20.3 Å². The summed E-state index contributed by atoms with van der Waals surface area (Å²) in [4.78, 5) is 13.5. The Labute approximate surface area is 146 Å². The van der Waals surface area contributed by atoms with Gasteiger partial charge in [-0.1, -0.05) is 90.9 Å². The summed E-state index contributed by atoms with van der Waals surface area (Å²) in [5.41, 5.74) is 0. The molecule has 2 nitrogen and oxygen atoms in total. The Balaban J connectivity index is 3.12. The first-order chi connectivity index (χ1) is 11.1. The molecule has 23 heavy (non-hydrogen) atoms. The van der Waals surface area contributed by atoms with Gasteiger partial charge in [-0.25, -0.2) is 0 Å². The lowest BCUT2D eigenvalue weighted by Crippen LogP contribution is -2.25. The molecule has 0 saturated carbocycles. The van der Waals surface area contributed by atoms with Crippen molar-refractivity contribution in [2.75, 3.05) is 13.6 Å². The molecule has 0 unspecified atom stereocenters. The highest BCUT2D eigenvalue weighted by atomic mass is 16.2. The van der Waals surface area contributed by atoms with E-state index < -0.39 is 0 Å². The fraction of sp³-hybridized carbons (Fsp3) is 0.952. The van der Waals surface area contributed by atoms with Crippen molar-refractivity contribution in [3.63, 3.8) is 0 Å². The average Bonchev–Trinajstić information content (AvgIpc) is 2.53. The molecule has 0 aliphatic heterocycles. The predicted octanol–water partition coefficient (Wildman–Crippen LogP) is 6.58. The summed E-state index contributed by atoms with van der Waals surface area (Å²) in [5, 5.41) is 0. The number of rotatable bonds is 16. The Morgan fingerprint density at radius 1 is 0.739 bits per heavy atom. The van der Waals surface area contributed by atoms with Crippen molar-refractivity contribution in [2.45, 2.75) is 111 Å². The fourth-order valence-electron chi connectivity index (χ4n) is 2.96. The van der Waals surface area contributed by atoms with Gasteiger partial charge in [0.1, 0.15) is 0 Å². The normalized spacial score (nSPS) is 11.2. The highest BCUT2D eigenvalue weighted by Gasteiger charge is 2.05. The van der Waals surface area contributed by atoms with E-state index in [1.54, 1.807) is 0 Å². The molecule has 0 saturated heterocycles. The number of hydrogen-bond acceptors (Lipinski definition) is 1. The summed E-state index contributed by atoms with van der Waals surface area (Å²) in [6.45, 7) is 7.50. The van der Waals surface area contributed by atoms with Gasteiger partial charge in [0.25, 0.3) is 0 Å². The first-order valence-corrected chi connectivity index (χ1v) is 10.3. The Kier molecular flexibility index (Phi) is 16.0. The average molecular weight is 326 g/mol. The van der Waals surface area contributed by atoms with Gasteiger partial charge >= 0.3 is 0 Å². The quantitative estimate of drug-likeness (QED) is 0.293. The van der Waals surface area contributed by atoms with Crippen LogP contribution in [0, 0.1) is 5.92 Å². The number of carbonyl (C=O) groups excluding carboxylic acids is 1. The third kappa shape index (κ3) is 16.1. The van der Waals surface area contributed by atoms with Crippen molar-refractivity contribution in [2.24, 2.45) is 5.92 Å². The van der Waals surface area contributed by atoms with E-state index >= 15 is 0 Å². The molecule has 0 N–H and O–H groups in total. The van der Waals surface area contributed by atoms with Gasteiger partial charge in [0.15, 0.2) is 0 Å². The van der Waals surface area contributed by atoms with Crippen LogP contribution in [0.15, 0.2) is 0 Å².